The highest BCUT2D eigenvalue weighted by Gasteiger charge is 2.22. The van der Waals surface area contributed by atoms with Crippen molar-refractivity contribution in [2.24, 2.45) is 0 Å². The maximum absolute atomic E-state index is 12.7. The third-order valence-corrected chi connectivity index (χ3v) is 4.78. The van der Waals surface area contributed by atoms with Gasteiger partial charge in [0.05, 0.1) is 5.56 Å². The molecule has 126 valence electrons. The van der Waals surface area contributed by atoms with E-state index in [1.165, 1.54) is 12.3 Å². The second-order valence-corrected chi connectivity index (χ2v) is 6.80. The molecule has 3 aromatic rings. The van der Waals surface area contributed by atoms with Crippen LogP contribution >= 0.6 is 15.9 Å². The van der Waals surface area contributed by atoms with Crippen molar-refractivity contribution in [1.29, 1.82) is 0 Å². The molecule has 1 unspecified atom stereocenters. The number of hydrogen-bond donors (Lipinski definition) is 1. The average molecular weight is 397 g/mol. The number of halogens is 1. The van der Waals surface area contributed by atoms with E-state index in [4.69, 9.17) is 0 Å². The Morgan fingerprint density at radius 1 is 1.12 bits per heavy atom. The van der Waals surface area contributed by atoms with Crippen molar-refractivity contribution in [3.05, 3.63) is 97.9 Å². The minimum absolute atomic E-state index is 0.116. The summed E-state index contributed by atoms with van der Waals surface area (Å²) in [6.07, 6.45) is 1.65. The molecule has 0 saturated carbocycles. The van der Waals surface area contributed by atoms with Crippen LogP contribution in [0.1, 0.15) is 39.4 Å². The number of aromatic amines is 1. The van der Waals surface area contributed by atoms with Crippen LogP contribution in [-0.4, -0.2) is 16.0 Å². The van der Waals surface area contributed by atoms with Gasteiger partial charge in [-0.25, -0.2) is 5.10 Å². The van der Waals surface area contributed by atoms with E-state index < -0.39 is 5.56 Å². The Morgan fingerprint density at radius 2 is 1.84 bits per heavy atom. The number of nitrogens with zero attached hydrogens (tertiary/aromatic N) is 1. The Morgan fingerprint density at radius 3 is 2.52 bits per heavy atom. The second-order valence-electron chi connectivity index (χ2n) is 5.89. The van der Waals surface area contributed by atoms with Crippen molar-refractivity contribution >= 4 is 21.7 Å². The Bertz CT molecular complexity index is 948. The Balaban J connectivity index is 2.01. The van der Waals surface area contributed by atoms with Gasteiger partial charge in [-0.1, -0.05) is 52.3 Å². The number of rotatable bonds is 5. The summed E-state index contributed by atoms with van der Waals surface area (Å²) in [6, 6.07) is 17.4. The lowest BCUT2D eigenvalue weighted by Crippen LogP contribution is -2.20. The fraction of sp³-hybridized carbons (Fsp3) is 0.150. The molecule has 1 N–H and O–H groups in total. The quantitative estimate of drug-likeness (QED) is 0.655. The van der Waals surface area contributed by atoms with Crippen LogP contribution in [0, 0.1) is 6.92 Å². The highest BCUT2D eigenvalue weighted by atomic mass is 79.9. The number of benzene rings is 2. The van der Waals surface area contributed by atoms with Gasteiger partial charge in [0, 0.05) is 23.0 Å². The van der Waals surface area contributed by atoms with Gasteiger partial charge in [-0.3, -0.25) is 9.59 Å². The van der Waals surface area contributed by atoms with E-state index in [1.807, 2.05) is 55.5 Å². The number of nitrogens with one attached hydrogen (secondary N) is 1. The summed E-state index contributed by atoms with van der Waals surface area (Å²) in [5.74, 6) is -0.311. The zero-order valence-electron chi connectivity index (χ0n) is 13.7. The van der Waals surface area contributed by atoms with Gasteiger partial charge in [0.25, 0.3) is 5.56 Å². The number of ketones is 1. The largest absolute Gasteiger partial charge is 0.294 e. The van der Waals surface area contributed by atoms with Crippen LogP contribution in [0.5, 0.6) is 0 Å². The summed E-state index contributed by atoms with van der Waals surface area (Å²) in [5, 5.41) is 5.97. The van der Waals surface area contributed by atoms with Gasteiger partial charge in [0.2, 0.25) is 0 Å². The van der Waals surface area contributed by atoms with Gasteiger partial charge in [0.1, 0.15) is 0 Å². The number of Topliss-reactive ketones (excluding diaryl/α,β-unsaturated/α-hetero) is 1. The van der Waals surface area contributed by atoms with Gasteiger partial charge in [-0.15, -0.1) is 0 Å². The highest BCUT2D eigenvalue weighted by molar-refractivity contribution is 9.10. The predicted molar refractivity (Wildman–Crippen MR) is 101 cm³/mol. The molecule has 4 nitrogen and oxygen atoms in total. The first-order valence-corrected chi connectivity index (χ1v) is 8.73. The molecular weight excluding hydrogens is 380 g/mol. The molecule has 2 aromatic carbocycles. The molecule has 3 rings (SSSR count). The van der Waals surface area contributed by atoms with Crippen LogP contribution in [0.2, 0.25) is 0 Å². The third kappa shape index (κ3) is 3.94. The van der Waals surface area contributed by atoms with Crippen molar-refractivity contribution in [2.75, 3.05) is 0 Å². The van der Waals surface area contributed by atoms with E-state index in [1.54, 1.807) is 0 Å². The molecule has 1 aromatic heterocycles. The molecule has 25 heavy (non-hydrogen) atoms. The number of H-pyrrole nitrogens is 1. The molecular formula is C20H17BrN2O2. The molecule has 0 spiro atoms. The molecule has 0 radical (unpaired) electrons. The van der Waals surface area contributed by atoms with Crippen molar-refractivity contribution in [3.63, 3.8) is 0 Å². The molecule has 0 aliphatic rings. The minimum atomic E-state index is -0.452. The smallest absolute Gasteiger partial charge is 0.275 e. The van der Waals surface area contributed by atoms with Crippen molar-refractivity contribution in [2.45, 2.75) is 19.3 Å². The van der Waals surface area contributed by atoms with Crippen LogP contribution in [0.15, 0.2) is 70.1 Å². The topological polar surface area (TPSA) is 62.8 Å². The van der Waals surface area contributed by atoms with Gasteiger partial charge in [-0.2, -0.15) is 5.10 Å². The lowest BCUT2D eigenvalue weighted by molar-refractivity contribution is 0.0976. The number of aryl methyl sites for hydroxylation is 1. The highest BCUT2D eigenvalue weighted by Crippen LogP contribution is 2.32. The SMILES string of the molecule is Cc1ccccc1C(CC(=O)c1ccn[nH]c1=O)c1ccc(Br)cc1. The number of hydrogen-bond acceptors (Lipinski definition) is 3. The lowest BCUT2D eigenvalue weighted by Gasteiger charge is -2.19. The summed E-state index contributed by atoms with van der Waals surface area (Å²) in [7, 11) is 0. The van der Waals surface area contributed by atoms with Crippen LogP contribution in [0.3, 0.4) is 0 Å². The summed E-state index contributed by atoms with van der Waals surface area (Å²) in [6.45, 7) is 2.03. The normalized spacial score (nSPS) is 11.9. The Kier molecular flexibility index (Phi) is 5.24. The second kappa shape index (κ2) is 7.57. The number of aromatic nitrogens is 2. The first kappa shape index (κ1) is 17.3. The van der Waals surface area contributed by atoms with Crippen LogP contribution in [-0.2, 0) is 0 Å². The van der Waals surface area contributed by atoms with Crippen LogP contribution in [0.25, 0.3) is 0 Å². The summed E-state index contributed by atoms with van der Waals surface area (Å²) in [5.41, 5.74) is 2.93. The molecule has 0 fully saturated rings. The maximum atomic E-state index is 12.7. The Hall–Kier alpha value is -2.53. The first-order valence-electron chi connectivity index (χ1n) is 7.94. The molecule has 0 aliphatic heterocycles. The molecule has 0 amide bonds. The summed E-state index contributed by atoms with van der Waals surface area (Å²) >= 11 is 3.44. The van der Waals surface area contributed by atoms with E-state index in [0.717, 1.165) is 21.2 Å². The van der Waals surface area contributed by atoms with Gasteiger partial charge < -0.3 is 0 Å². The van der Waals surface area contributed by atoms with E-state index in [0.29, 0.717) is 0 Å². The molecule has 0 aliphatic carbocycles. The summed E-state index contributed by atoms with van der Waals surface area (Å²) < 4.78 is 0.983. The van der Waals surface area contributed by atoms with Crippen molar-refractivity contribution in [1.82, 2.24) is 10.2 Å². The van der Waals surface area contributed by atoms with Crippen LogP contribution in [0.4, 0.5) is 0 Å². The minimum Gasteiger partial charge on any atom is -0.294 e. The van der Waals surface area contributed by atoms with Crippen molar-refractivity contribution < 1.29 is 4.79 Å². The Labute approximate surface area is 154 Å². The van der Waals surface area contributed by atoms with Gasteiger partial charge in [-0.05, 0) is 41.8 Å². The fourth-order valence-electron chi connectivity index (χ4n) is 2.94. The standard InChI is InChI=1S/C20H17BrN2O2/c1-13-4-2-3-5-16(13)18(14-6-8-15(21)9-7-14)12-19(24)17-10-11-22-23-20(17)25/h2-11,18H,12H2,1H3,(H,23,25). The first-order chi connectivity index (χ1) is 12.1. The number of carbonyl (C=O) groups is 1. The molecule has 0 saturated heterocycles. The van der Waals surface area contributed by atoms with Crippen molar-refractivity contribution in [3.8, 4) is 0 Å². The number of carbonyl (C=O) groups excluding carboxylic acids is 1. The maximum Gasteiger partial charge on any atom is 0.275 e. The molecule has 5 heteroatoms. The zero-order chi connectivity index (χ0) is 17.8. The van der Waals surface area contributed by atoms with E-state index in [-0.39, 0.29) is 23.7 Å². The molecule has 1 heterocycles. The van der Waals surface area contributed by atoms with Gasteiger partial charge in [0.15, 0.2) is 5.78 Å². The van der Waals surface area contributed by atoms with E-state index in [9.17, 15) is 9.59 Å². The summed E-state index contributed by atoms with van der Waals surface area (Å²) in [4.78, 5) is 24.6. The third-order valence-electron chi connectivity index (χ3n) is 4.25. The molecule has 0 bridgehead atoms. The average Bonchev–Trinajstić information content (AvgIpc) is 2.61. The lowest BCUT2D eigenvalue weighted by atomic mass is 9.84. The molecule has 1 atom stereocenters. The fourth-order valence-corrected chi connectivity index (χ4v) is 3.20. The van der Waals surface area contributed by atoms with Gasteiger partial charge >= 0.3 is 0 Å². The predicted octanol–water partition coefficient (Wildman–Crippen LogP) is 4.25. The van der Waals surface area contributed by atoms with E-state index in [2.05, 4.69) is 26.1 Å². The van der Waals surface area contributed by atoms with E-state index >= 15 is 0 Å². The monoisotopic (exact) mass is 396 g/mol. The zero-order valence-corrected chi connectivity index (χ0v) is 15.3. The van der Waals surface area contributed by atoms with Crippen LogP contribution < -0.4 is 5.56 Å².